The van der Waals surface area contributed by atoms with E-state index in [2.05, 4.69) is 0 Å². The van der Waals surface area contributed by atoms with Gasteiger partial charge in [-0.05, 0) is 36.1 Å². The molecule has 0 saturated carbocycles. The zero-order valence-corrected chi connectivity index (χ0v) is 11.6. The van der Waals surface area contributed by atoms with E-state index >= 15 is 0 Å². The smallest absolute Gasteiger partial charge is 0.125 e. The number of aliphatic hydroxyl groups is 1. The van der Waals surface area contributed by atoms with Crippen molar-refractivity contribution < 1.29 is 14.2 Å². The van der Waals surface area contributed by atoms with Crippen LogP contribution < -0.4 is 4.74 Å². The quantitative estimate of drug-likeness (QED) is 0.866. The number of hydrogen-bond acceptors (Lipinski definition) is 3. The van der Waals surface area contributed by atoms with Gasteiger partial charge >= 0.3 is 0 Å². The molecule has 100 valence electrons. The number of benzene rings is 2. The Kier molecular flexibility index (Phi) is 4.45. The van der Waals surface area contributed by atoms with E-state index < -0.39 is 11.9 Å². The van der Waals surface area contributed by atoms with E-state index in [1.807, 2.05) is 30.5 Å². The van der Waals surface area contributed by atoms with Crippen LogP contribution >= 0.6 is 11.8 Å². The van der Waals surface area contributed by atoms with Crippen molar-refractivity contribution in [3.8, 4) is 5.75 Å². The molecule has 2 nitrogen and oxygen atoms in total. The van der Waals surface area contributed by atoms with E-state index in [4.69, 9.17) is 4.74 Å². The van der Waals surface area contributed by atoms with Crippen LogP contribution in [0.25, 0.3) is 0 Å². The van der Waals surface area contributed by atoms with Crippen molar-refractivity contribution in [2.75, 3.05) is 13.4 Å². The second-order valence-corrected chi connectivity index (χ2v) is 4.88. The van der Waals surface area contributed by atoms with Gasteiger partial charge in [-0.1, -0.05) is 18.2 Å². The van der Waals surface area contributed by atoms with E-state index in [0.717, 1.165) is 10.5 Å². The summed E-state index contributed by atoms with van der Waals surface area (Å²) in [6.07, 6.45) is 1.03. The molecular formula is C15H15FO2S. The van der Waals surface area contributed by atoms with Crippen LogP contribution in [0.5, 0.6) is 5.75 Å². The number of hydrogen-bond donors (Lipinski definition) is 1. The minimum absolute atomic E-state index is 0.392. The lowest BCUT2D eigenvalue weighted by molar-refractivity contribution is 0.211. The van der Waals surface area contributed by atoms with Crippen molar-refractivity contribution >= 4 is 11.8 Å². The maximum atomic E-state index is 13.4. The summed E-state index contributed by atoms with van der Waals surface area (Å²) >= 11 is 1.54. The summed E-state index contributed by atoms with van der Waals surface area (Å²) in [5, 5.41) is 10.5. The van der Waals surface area contributed by atoms with E-state index in [0.29, 0.717) is 11.3 Å². The summed E-state index contributed by atoms with van der Waals surface area (Å²) in [5.74, 6) is 0.0845. The molecule has 4 heteroatoms. The van der Waals surface area contributed by atoms with Crippen LogP contribution in [0.2, 0.25) is 0 Å². The molecule has 0 aliphatic heterocycles. The molecule has 2 rings (SSSR count). The Balaban J connectivity index is 2.49. The second-order valence-electron chi connectivity index (χ2n) is 4.03. The summed E-state index contributed by atoms with van der Waals surface area (Å²) in [5.41, 5.74) is 1.18. The third-order valence-corrected chi connectivity index (χ3v) is 3.73. The first-order chi connectivity index (χ1) is 9.17. The standard InChI is InChI=1S/C15H15FO2S/c1-18-13-8-7-10(16)9-12(13)15(17)11-5-3-4-6-14(11)19-2/h3-9,15,17H,1-2H3. The minimum atomic E-state index is -0.908. The first kappa shape index (κ1) is 13.9. The first-order valence-corrected chi connectivity index (χ1v) is 7.04. The van der Waals surface area contributed by atoms with Crippen molar-refractivity contribution in [2.24, 2.45) is 0 Å². The zero-order valence-electron chi connectivity index (χ0n) is 10.8. The Hall–Kier alpha value is -1.52. The SMILES string of the molecule is COc1ccc(F)cc1C(O)c1ccccc1SC. The van der Waals surface area contributed by atoms with Gasteiger partial charge in [-0.2, -0.15) is 0 Å². The lowest BCUT2D eigenvalue weighted by atomic mass is 10.0. The largest absolute Gasteiger partial charge is 0.496 e. The molecular weight excluding hydrogens is 263 g/mol. The molecule has 0 aliphatic rings. The number of rotatable bonds is 4. The van der Waals surface area contributed by atoms with E-state index in [9.17, 15) is 9.50 Å². The van der Waals surface area contributed by atoms with Crippen LogP contribution in [0.15, 0.2) is 47.4 Å². The monoisotopic (exact) mass is 278 g/mol. The predicted molar refractivity (Wildman–Crippen MR) is 75.2 cm³/mol. The molecule has 1 N–H and O–H groups in total. The van der Waals surface area contributed by atoms with Crippen molar-refractivity contribution in [1.29, 1.82) is 0 Å². The summed E-state index contributed by atoms with van der Waals surface area (Å²) < 4.78 is 18.6. The number of thioether (sulfide) groups is 1. The van der Waals surface area contributed by atoms with Gasteiger partial charge in [0, 0.05) is 10.5 Å². The molecule has 0 aromatic heterocycles. The molecule has 19 heavy (non-hydrogen) atoms. The fraction of sp³-hybridized carbons (Fsp3) is 0.200. The third kappa shape index (κ3) is 2.91. The molecule has 0 aliphatic carbocycles. The molecule has 1 atom stereocenters. The Morgan fingerprint density at radius 3 is 2.58 bits per heavy atom. The molecule has 0 spiro atoms. The van der Waals surface area contributed by atoms with Crippen molar-refractivity contribution in [3.63, 3.8) is 0 Å². The fourth-order valence-electron chi connectivity index (χ4n) is 1.98. The van der Waals surface area contributed by atoms with Gasteiger partial charge in [-0.3, -0.25) is 0 Å². The number of methoxy groups -OCH3 is 1. The van der Waals surface area contributed by atoms with Gasteiger partial charge in [0.2, 0.25) is 0 Å². The van der Waals surface area contributed by atoms with Crippen LogP contribution in [-0.4, -0.2) is 18.5 Å². The highest BCUT2D eigenvalue weighted by Gasteiger charge is 2.18. The Morgan fingerprint density at radius 2 is 1.89 bits per heavy atom. The van der Waals surface area contributed by atoms with Crippen molar-refractivity contribution in [3.05, 3.63) is 59.4 Å². The van der Waals surface area contributed by atoms with Crippen molar-refractivity contribution in [1.82, 2.24) is 0 Å². The van der Waals surface area contributed by atoms with Gasteiger partial charge in [-0.15, -0.1) is 11.8 Å². The molecule has 0 heterocycles. The van der Waals surface area contributed by atoms with E-state index in [-0.39, 0.29) is 0 Å². The first-order valence-electron chi connectivity index (χ1n) is 5.81. The second kappa shape index (κ2) is 6.08. The van der Waals surface area contributed by atoms with Gasteiger partial charge in [0.15, 0.2) is 0 Å². The van der Waals surface area contributed by atoms with Gasteiger partial charge < -0.3 is 9.84 Å². The van der Waals surface area contributed by atoms with E-state index in [1.165, 1.54) is 25.3 Å². The lowest BCUT2D eigenvalue weighted by Crippen LogP contribution is -2.04. The topological polar surface area (TPSA) is 29.5 Å². The maximum Gasteiger partial charge on any atom is 0.125 e. The van der Waals surface area contributed by atoms with E-state index in [1.54, 1.807) is 11.8 Å². The molecule has 2 aromatic rings. The van der Waals surface area contributed by atoms with Crippen LogP contribution in [0.4, 0.5) is 4.39 Å². The molecule has 0 radical (unpaired) electrons. The van der Waals surface area contributed by atoms with Gasteiger partial charge in [0.25, 0.3) is 0 Å². The Bertz CT molecular complexity index is 572. The Labute approximate surface area is 116 Å². The maximum absolute atomic E-state index is 13.4. The highest BCUT2D eigenvalue weighted by molar-refractivity contribution is 7.98. The van der Waals surface area contributed by atoms with Crippen LogP contribution in [0, 0.1) is 5.82 Å². The Morgan fingerprint density at radius 1 is 1.16 bits per heavy atom. The van der Waals surface area contributed by atoms with Crippen molar-refractivity contribution in [2.45, 2.75) is 11.0 Å². The van der Waals surface area contributed by atoms with Gasteiger partial charge in [0.05, 0.1) is 7.11 Å². The van der Waals surface area contributed by atoms with Gasteiger partial charge in [0.1, 0.15) is 17.7 Å². The van der Waals surface area contributed by atoms with Crippen LogP contribution in [0.1, 0.15) is 17.2 Å². The third-order valence-electron chi connectivity index (χ3n) is 2.92. The summed E-state index contributed by atoms with van der Waals surface area (Å²) in [7, 11) is 1.50. The molecule has 0 fully saturated rings. The fourth-order valence-corrected chi connectivity index (χ4v) is 2.61. The molecule has 0 saturated heterocycles. The highest BCUT2D eigenvalue weighted by atomic mass is 32.2. The zero-order chi connectivity index (χ0) is 13.8. The average Bonchev–Trinajstić information content (AvgIpc) is 2.46. The van der Waals surface area contributed by atoms with Gasteiger partial charge in [-0.25, -0.2) is 4.39 Å². The lowest BCUT2D eigenvalue weighted by Gasteiger charge is -2.17. The van der Waals surface area contributed by atoms with Crippen LogP contribution in [0.3, 0.4) is 0 Å². The summed E-state index contributed by atoms with van der Waals surface area (Å²) in [6, 6.07) is 11.7. The summed E-state index contributed by atoms with van der Waals surface area (Å²) in [6.45, 7) is 0. The molecule has 0 amide bonds. The summed E-state index contributed by atoms with van der Waals surface area (Å²) in [4.78, 5) is 0.960. The average molecular weight is 278 g/mol. The molecule has 2 aromatic carbocycles. The predicted octanol–water partition coefficient (Wildman–Crippen LogP) is 3.64. The highest BCUT2D eigenvalue weighted by Crippen LogP contribution is 2.34. The normalized spacial score (nSPS) is 12.2. The molecule has 1 unspecified atom stereocenters. The minimum Gasteiger partial charge on any atom is -0.496 e. The molecule has 0 bridgehead atoms. The number of ether oxygens (including phenoxy) is 1. The number of aliphatic hydroxyl groups excluding tert-OH is 1. The number of halogens is 1. The van der Waals surface area contributed by atoms with Crippen LogP contribution in [-0.2, 0) is 0 Å².